The van der Waals surface area contributed by atoms with E-state index in [9.17, 15) is 5.11 Å². The van der Waals surface area contributed by atoms with Gasteiger partial charge in [0, 0.05) is 42.8 Å². The van der Waals surface area contributed by atoms with Gasteiger partial charge in [0.1, 0.15) is 5.82 Å². The minimum Gasteiger partial charge on any atom is -0.389 e. The molecule has 0 saturated heterocycles. The Morgan fingerprint density at radius 1 is 1.13 bits per heavy atom. The fraction of sp³-hybridized carbons (Fsp3) is 0.500. The topological polar surface area (TPSA) is 62.1 Å². The smallest absolute Gasteiger partial charge is 0.161 e. The molecule has 0 fully saturated rings. The highest BCUT2D eigenvalue weighted by atomic mass is 16.3. The van der Waals surface area contributed by atoms with Crippen molar-refractivity contribution in [1.29, 1.82) is 0 Å². The normalized spacial score (nSPS) is 11.5. The van der Waals surface area contributed by atoms with Crippen LogP contribution in [0.3, 0.4) is 0 Å². The van der Waals surface area contributed by atoms with E-state index in [1.807, 2.05) is 32.0 Å². The van der Waals surface area contributed by atoms with Gasteiger partial charge in [0.05, 0.1) is 5.60 Å². The summed E-state index contributed by atoms with van der Waals surface area (Å²) in [5.74, 6) is 1.58. The van der Waals surface area contributed by atoms with Gasteiger partial charge in [-0.3, -0.25) is 4.98 Å². The van der Waals surface area contributed by atoms with Crippen LogP contribution in [-0.2, 0) is 6.42 Å². The molecule has 0 unspecified atom stereocenters. The maximum absolute atomic E-state index is 10.2. The van der Waals surface area contributed by atoms with Gasteiger partial charge in [0.2, 0.25) is 0 Å². The molecule has 0 atom stereocenters. The van der Waals surface area contributed by atoms with Crippen LogP contribution in [0.15, 0.2) is 30.6 Å². The third-order valence-corrected chi connectivity index (χ3v) is 3.46. The van der Waals surface area contributed by atoms with Crippen molar-refractivity contribution in [2.75, 3.05) is 18.0 Å². The number of aliphatic hydroxyl groups is 1. The molecule has 2 aromatic rings. The van der Waals surface area contributed by atoms with Gasteiger partial charge in [-0.2, -0.15) is 0 Å². The lowest BCUT2D eigenvalue weighted by Crippen LogP contribution is -2.39. The Balaban J connectivity index is 2.43. The first-order chi connectivity index (χ1) is 10.9. The summed E-state index contributed by atoms with van der Waals surface area (Å²) in [7, 11) is 0. The lowest BCUT2D eigenvalue weighted by molar-refractivity contribution is 0.0871. The van der Waals surface area contributed by atoms with Gasteiger partial charge in [-0.05, 0) is 38.8 Å². The molecule has 5 nitrogen and oxygen atoms in total. The highest BCUT2D eigenvalue weighted by Gasteiger charge is 2.20. The molecule has 0 spiro atoms. The quantitative estimate of drug-likeness (QED) is 0.851. The first kappa shape index (κ1) is 17.3. The number of nitrogens with zero attached hydrogens (tertiary/aromatic N) is 4. The Hall–Kier alpha value is -2.01. The van der Waals surface area contributed by atoms with Crippen molar-refractivity contribution in [3.05, 3.63) is 36.3 Å². The van der Waals surface area contributed by atoms with Crippen molar-refractivity contribution in [3.63, 3.8) is 0 Å². The molecule has 1 N–H and O–H groups in total. The minimum absolute atomic E-state index is 0.538. The van der Waals surface area contributed by atoms with Gasteiger partial charge in [-0.15, -0.1) is 0 Å². The second-order valence-corrected chi connectivity index (χ2v) is 6.36. The van der Waals surface area contributed by atoms with Gasteiger partial charge in [-0.25, -0.2) is 9.97 Å². The van der Waals surface area contributed by atoms with Crippen LogP contribution in [0, 0.1) is 0 Å². The minimum atomic E-state index is -0.774. The van der Waals surface area contributed by atoms with E-state index in [2.05, 4.69) is 28.7 Å². The van der Waals surface area contributed by atoms with E-state index in [1.165, 1.54) is 0 Å². The second kappa shape index (κ2) is 7.51. The van der Waals surface area contributed by atoms with E-state index < -0.39 is 5.60 Å². The average Bonchev–Trinajstić information content (AvgIpc) is 2.53. The van der Waals surface area contributed by atoms with Crippen molar-refractivity contribution < 1.29 is 5.11 Å². The zero-order valence-corrected chi connectivity index (χ0v) is 14.5. The molecule has 2 aromatic heterocycles. The number of anilines is 1. The number of rotatable bonds is 7. The van der Waals surface area contributed by atoms with Gasteiger partial charge < -0.3 is 10.0 Å². The summed E-state index contributed by atoms with van der Waals surface area (Å²) in [5.41, 5.74) is 1.18. The highest BCUT2D eigenvalue weighted by molar-refractivity contribution is 5.57. The summed E-state index contributed by atoms with van der Waals surface area (Å²) in [6.45, 7) is 9.24. The van der Waals surface area contributed by atoms with Gasteiger partial charge in [-0.1, -0.05) is 13.8 Å². The zero-order valence-electron chi connectivity index (χ0n) is 14.5. The number of hydrogen-bond donors (Lipinski definition) is 1. The predicted octanol–water partition coefficient (Wildman–Crippen LogP) is 3.09. The maximum Gasteiger partial charge on any atom is 0.161 e. The van der Waals surface area contributed by atoms with Crippen LogP contribution in [0.25, 0.3) is 11.4 Å². The zero-order chi connectivity index (χ0) is 16.9. The van der Waals surface area contributed by atoms with Gasteiger partial charge >= 0.3 is 0 Å². The van der Waals surface area contributed by atoms with Crippen molar-refractivity contribution in [2.45, 2.75) is 46.1 Å². The summed E-state index contributed by atoms with van der Waals surface area (Å²) < 4.78 is 0. The number of hydrogen-bond acceptors (Lipinski definition) is 5. The van der Waals surface area contributed by atoms with Crippen molar-refractivity contribution in [1.82, 2.24) is 15.0 Å². The molecule has 0 radical (unpaired) electrons. The van der Waals surface area contributed by atoms with E-state index >= 15 is 0 Å². The molecule has 0 bridgehead atoms. The molecular weight excluding hydrogens is 288 g/mol. The van der Waals surface area contributed by atoms with Crippen LogP contribution >= 0.6 is 0 Å². The summed E-state index contributed by atoms with van der Waals surface area (Å²) in [4.78, 5) is 15.5. The molecule has 2 rings (SSSR count). The number of aromatic nitrogens is 3. The van der Waals surface area contributed by atoms with Crippen LogP contribution in [-0.4, -0.2) is 38.7 Å². The lowest BCUT2D eigenvalue weighted by atomic mass is 10.1. The first-order valence-corrected chi connectivity index (χ1v) is 8.18. The molecular formula is C18H26N4O. The Labute approximate surface area is 138 Å². The largest absolute Gasteiger partial charge is 0.389 e. The maximum atomic E-state index is 10.2. The SMILES string of the molecule is CCCN(CC(C)(C)O)c1cc(CC)nc(-c2ccncc2)n1. The second-order valence-electron chi connectivity index (χ2n) is 6.36. The van der Waals surface area contributed by atoms with E-state index in [1.54, 1.807) is 12.4 Å². The molecule has 0 aliphatic heterocycles. The van der Waals surface area contributed by atoms with Crippen molar-refractivity contribution in [2.24, 2.45) is 0 Å². The molecule has 0 aromatic carbocycles. The van der Waals surface area contributed by atoms with E-state index in [0.29, 0.717) is 12.4 Å². The van der Waals surface area contributed by atoms with Crippen molar-refractivity contribution in [3.8, 4) is 11.4 Å². The Kier molecular flexibility index (Phi) is 5.66. The highest BCUT2D eigenvalue weighted by Crippen LogP contribution is 2.22. The van der Waals surface area contributed by atoms with Gasteiger partial charge in [0.25, 0.3) is 0 Å². The van der Waals surface area contributed by atoms with Crippen LogP contribution in [0.5, 0.6) is 0 Å². The average molecular weight is 314 g/mol. The van der Waals surface area contributed by atoms with Crippen LogP contribution in [0.1, 0.15) is 39.8 Å². The Bertz CT molecular complexity index is 623. The van der Waals surface area contributed by atoms with E-state index in [0.717, 1.165) is 36.5 Å². The first-order valence-electron chi connectivity index (χ1n) is 8.18. The molecule has 5 heteroatoms. The van der Waals surface area contributed by atoms with E-state index in [4.69, 9.17) is 4.98 Å². The molecule has 0 aliphatic rings. The third kappa shape index (κ3) is 4.99. The molecule has 124 valence electrons. The lowest BCUT2D eigenvalue weighted by Gasteiger charge is -2.30. The van der Waals surface area contributed by atoms with Crippen molar-refractivity contribution >= 4 is 5.82 Å². The molecule has 0 aliphatic carbocycles. The van der Waals surface area contributed by atoms with E-state index in [-0.39, 0.29) is 0 Å². The molecule has 0 amide bonds. The fourth-order valence-corrected chi connectivity index (χ4v) is 2.47. The standard InChI is InChI=1S/C18H26N4O/c1-5-11-22(13-18(3,4)23)16-12-15(6-2)20-17(21-16)14-7-9-19-10-8-14/h7-10,12,23H,5-6,11,13H2,1-4H3. The summed E-state index contributed by atoms with van der Waals surface area (Å²) >= 11 is 0. The van der Waals surface area contributed by atoms with Gasteiger partial charge in [0.15, 0.2) is 5.82 Å². The Morgan fingerprint density at radius 2 is 1.83 bits per heavy atom. The molecule has 2 heterocycles. The van der Waals surface area contributed by atoms with Crippen LogP contribution in [0.2, 0.25) is 0 Å². The third-order valence-electron chi connectivity index (χ3n) is 3.46. The number of pyridine rings is 1. The fourth-order valence-electron chi connectivity index (χ4n) is 2.47. The molecule has 0 saturated carbocycles. The predicted molar refractivity (Wildman–Crippen MR) is 93.4 cm³/mol. The summed E-state index contributed by atoms with van der Waals surface area (Å²) in [6, 6.07) is 5.85. The van der Waals surface area contributed by atoms with Crippen LogP contribution in [0.4, 0.5) is 5.82 Å². The Morgan fingerprint density at radius 3 is 2.39 bits per heavy atom. The summed E-state index contributed by atoms with van der Waals surface area (Å²) in [5, 5.41) is 10.2. The summed E-state index contributed by atoms with van der Waals surface area (Å²) in [6.07, 6.45) is 5.33. The molecule has 23 heavy (non-hydrogen) atoms. The van der Waals surface area contributed by atoms with Crippen LogP contribution < -0.4 is 4.90 Å². The number of aryl methyl sites for hydroxylation is 1. The monoisotopic (exact) mass is 314 g/mol.